The van der Waals surface area contributed by atoms with Crippen molar-refractivity contribution in [3.05, 3.63) is 52.1 Å². The summed E-state index contributed by atoms with van der Waals surface area (Å²) in [5.41, 5.74) is 0.985. The zero-order chi connectivity index (χ0) is 17.6. The lowest BCUT2D eigenvalue weighted by Crippen LogP contribution is -2.29. The van der Waals surface area contributed by atoms with E-state index in [2.05, 4.69) is 0 Å². The van der Waals surface area contributed by atoms with E-state index in [9.17, 15) is 18.5 Å². The molecule has 130 valence electrons. The van der Waals surface area contributed by atoms with E-state index in [1.807, 2.05) is 0 Å². The van der Waals surface area contributed by atoms with Gasteiger partial charge in [-0.15, -0.1) is 0 Å². The molecular weight excluding hydrogens is 348 g/mol. The maximum Gasteiger partial charge on any atom is 0.271 e. The van der Waals surface area contributed by atoms with Gasteiger partial charge in [-0.05, 0) is 24.1 Å². The van der Waals surface area contributed by atoms with Gasteiger partial charge in [-0.25, -0.2) is 8.42 Å². The topological polar surface area (TPSA) is 99.0 Å². The number of fused-ring (bicyclic) bond motifs is 2. The predicted molar refractivity (Wildman–Crippen MR) is 88.8 cm³/mol. The maximum absolute atomic E-state index is 13.0. The molecule has 0 spiro atoms. The Morgan fingerprint density at radius 2 is 1.80 bits per heavy atom. The van der Waals surface area contributed by atoms with Crippen LogP contribution in [0.2, 0.25) is 0 Å². The second-order valence-electron chi connectivity index (χ2n) is 5.70. The number of nitrogens with zero attached hydrogens (tertiary/aromatic N) is 2. The van der Waals surface area contributed by atoms with Crippen molar-refractivity contribution in [3.63, 3.8) is 0 Å². The number of hydrogen-bond donors (Lipinski definition) is 0. The van der Waals surface area contributed by atoms with E-state index in [1.165, 1.54) is 28.6 Å². The minimum atomic E-state index is -3.85. The molecule has 0 aromatic heterocycles. The molecule has 0 aliphatic carbocycles. The Hall–Kier alpha value is -2.81. The highest BCUT2D eigenvalue weighted by Crippen LogP contribution is 2.38. The molecule has 0 bridgehead atoms. The lowest BCUT2D eigenvalue weighted by atomic mass is 10.1. The summed E-state index contributed by atoms with van der Waals surface area (Å²) >= 11 is 0. The van der Waals surface area contributed by atoms with E-state index in [-0.39, 0.29) is 17.1 Å². The normalized spacial score (nSPS) is 15.8. The molecule has 0 radical (unpaired) electrons. The molecule has 9 heteroatoms. The number of nitro benzene ring substituents is 1. The fourth-order valence-corrected chi connectivity index (χ4v) is 4.52. The average molecular weight is 362 g/mol. The molecule has 2 aromatic carbocycles. The molecule has 0 fully saturated rings. The largest absolute Gasteiger partial charge is 0.486 e. The Balaban J connectivity index is 1.76. The summed E-state index contributed by atoms with van der Waals surface area (Å²) in [6.45, 7) is 1.02. The second-order valence-corrected chi connectivity index (χ2v) is 7.57. The minimum Gasteiger partial charge on any atom is -0.486 e. The fourth-order valence-electron chi connectivity index (χ4n) is 3.01. The van der Waals surface area contributed by atoms with Gasteiger partial charge in [0.2, 0.25) is 0 Å². The number of nitro groups is 1. The van der Waals surface area contributed by atoms with Gasteiger partial charge < -0.3 is 9.47 Å². The van der Waals surface area contributed by atoms with Crippen LogP contribution < -0.4 is 13.8 Å². The minimum absolute atomic E-state index is 0.0658. The van der Waals surface area contributed by atoms with Crippen LogP contribution in [0.15, 0.2) is 41.3 Å². The molecule has 0 amide bonds. The van der Waals surface area contributed by atoms with Crippen LogP contribution in [-0.2, 0) is 16.4 Å². The molecule has 0 unspecified atom stereocenters. The first kappa shape index (κ1) is 15.7. The van der Waals surface area contributed by atoms with Crippen molar-refractivity contribution >= 4 is 21.4 Å². The molecule has 2 heterocycles. The molecule has 2 aliphatic rings. The Bertz CT molecular complexity index is 973. The van der Waals surface area contributed by atoms with E-state index >= 15 is 0 Å². The second kappa shape index (κ2) is 5.62. The third-order valence-electron chi connectivity index (χ3n) is 4.23. The highest BCUT2D eigenvalue weighted by Gasteiger charge is 2.33. The number of hydrogen-bond acceptors (Lipinski definition) is 6. The number of non-ortho nitro benzene ring substituents is 1. The zero-order valence-corrected chi connectivity index (χ0v) is 13.9. The molecular formula is C16H14N2O6S. The number of benzene rings is 2. The van der Waals surface area contributed by atoms with Crippen LogP contribution in [0.1, 0.15) is 5.56 Å². The monoisotopic (exact) mass is 362 g/mol. The van der Waals surface area contributed by atoms with Gasteiger partial charge in [0.25, 0.3) is 15.7 Å². The lowest BCUT2D eigenvalue weighted by molar-refractivity contribution is -0.384. The molecule has 2 aromatic rings. The number of rotatable bonds is 3. The van der Waals surface area contributed by atoms with Crippen LogP contribution in [-0.4, -0.2) is 33.1 Å². The predicted octanol–water partition coefficient (Wildman–Crippen LogP) is 2.12. The molecule has 2 aliphatic heterocycles. The van der Waals surface area contributed by atoms with Gasteiger partial charge in [-0.1, -0.05) is 6.07 Å². The molecule has 8 nitrogen and oxygen atoms in total. The van der Waals surface area contributed by atoms with E-state index in [1.54, 1.807) is 12.1 Å². The standard InChI is InChI=1S/C16H14N2O6S/c19-18(20)12-2-1-11-5-6-17(14(11)9-12)25(21,22)13-3-4-15-16(10-13)24-8-7-23-15/h1-4,9-10H,5-8H2. The van der Waals surface area contributed by atoms with Crippen molar-refractivity contribution in [1.29, 1.82) is 0 Å². The number of anilines is 1. The van der Waals surface area contributed by atoms with Gasteiger partial charge in [0.05, 0.1) is 15.5 Å². The summed E-state index contributed by atoms with van der Waals surface area (Å²) in [6.07, 6.45) is 0.511. The Morgan fingerprint density at radius 1 is 1.04 bits per heavy atom. The fraction of sp³-hybridized carbons (Fsp3) is 0.250. The molecule has 0 N–H and O–H groups in total. The highest BCUT2D eigenvalue weighted by atomic mass is 32.2. The van der Waals surface area contributed by atoms with Crippen molar-refractivity contribution in [2.24, 2.45) is 0 Å². The third kappa shape index (κ3) is 2.56. The van der Waals surface area contributed by atoms with Gasteiger partial charge in [0, 0.05) is 24.7 Å². The van der Waals surface area contributed by atoms with E-state index < -0.39 is 14.9 Å². The summed E-state index contributed by atoms with van der Waals surface area (Å²) < 4.78 is 38.1. The molecule has 0 saturated heterocycles. The highest BCUT2D eigenvalue weighted by molar-refractivity contribution is 7.92. The maximum atomic E-state index is 13.0. The average Bonchev–Trinajstić information content (AvgIpc) is 3.05. The molecule has 0 saturated carbocycles. The number of ether oxygens (including phenoxy) is 2. The third-order valence-corrected chi connectivity index (χ3v) is 6.04. The van der Waals surface area contributed by atoms with Crippen LogP contribution >= 0.6 is 0 Å². The quantitative estimate of drug-likeness (QED) is 0.613. The van der Waals surface area contributed by atoms with Crippen LogP contribution in [0.3, 0.4) is 0 Å². The zero-order valence-electron chi connectivity index (χ0n) is 13.0. The summed E-state index contributed by atoms with van der Waals surface area (Å²) in [5, 5.41) is 11.0. The van der Waals surface area contributed by atoms with Crippen molar-refractivity contribution < 1.29 is 22.8 Å². The Labute approximate surface area is 143 Å². The Kier molecular flexibility index (Phi) is 3.53. The first-order valence-corrected chi connectivity index (χ1v) is 9.10. The van der Waals surface area contributed by atoms with Crippen molar-refractivity contribution in [2.75, 3.05) is 24.1 Å². The van der Waals surface area contributed by atoms with Crippen molar-refractivity contribution in [2.45, 2.75) is 11.3 Å². The molecule has 25 heavy (non-hydrogen) atoms. The van der Waals surface area contributed by atoms with Crippen LogP contribution in [0.4, 0.5) is 11.4 Å². The van der Waals surface area contributed by atoms with E-state index in [0.29, 0.717) is 36.8 Å². The van der Waals surface area contributed by atoms with E-state index in [0.717, 1.165) is 5.56 Å². The molecule has 0 atom stereocenters. The first-order chi connectivity index (χ1) is 12.0. The van der Waals surface area contributed by atoms with Crippen LogP contribution in [0, 0.1) is 10.1 Å². The van der Waals surface area contributed by atoms with Crippen molar-refractivity contribution in [3.8, 4) is 11.5 Å². The van der Waals surface area contributed by atoms with Gasteiger partial charge >= 0.3 is 0 Å². The first-order valence-electron chi connectivity index (χ1n) is 7.66. The Morgan fingerprint density at radius 3 is 2.56 bits per heavy atom. The van der Waals surface area contributed by atoms with Gasteiger partial charge in [-0.2, -0.15) is 0 Å². The summed E-state index contributed by atoms with van der Waals surface area (Å²) in [6, 6.07) is 8.74. The van der Waals surface area contributed by atoms with Crippen LogP contribution in [0.25, 0.3) is 0 Å². The number of sulfonamides is 1. The van der Waals surface area contributed by atoms with Gasteiger partial charge in [0.1, 0.15) is 13.2 Å². The summed E-state index contributed by atoms with van der Waals surface area (Å²) in [7, 11) is -3.85. The molecule has 4 rings (SSSR count). The van der Waals surface area contributed by atoms with Gasteiger partial charge in [-0.3, -0.25) is 14.4 Å². The SMILES string of the molecule is O=[N+]([O-])c1ccc2c(c1)N(S(=O)(=O)c1ccc3c(c1)OCCO3)CC2. The van der Waals surface area contributed by atoms with Gasteiger partial charge in [0.15, 0.2) is 11.5 Å². The smallest absolute Gasteiger partial charge is 0.271 e. The van der Waals surface area contributed by atoms with E-state index in [4.69, 9.17) is 9.47 Å². The van der Waals surface area contributed by atoms with Crippen molar-refractivity contribution in [1.82, 2.24) is 0 Å². The lowest BCUT2D eigenvalue weighted by Gasteiger charge is -2.22. The summed E-state index contributed by atoms with van der Waals surface area (Å²) in [5.74, 6) is 0.883. The van der Waals surface area contributed by atoms with Crippen LogP contribution in [0.5, 0.6) is 11.5 Å². The summed E-state index contributed by atoms with van der Waals surface area (Å²) in [4.78, 5) is 10.5.